The Morgan fingerprint density at radius 3 is 2.41 bits per heavy atom. The molecule has 0 atom stereocenters. The Balaban J connectivity index is 1.60. The number of rotatable bonds is 9. The number of carbonyl (C=O) groups excluding carboxylic acids is 1. The van der Waals surface area contributed by atoms with Gasteiger partial charge in [-0.3, -0.25) is 4.79 Å². The molecule has 1 heterocycles. The van der Waals surface area contributed by atoms with Crippen LogP contribution < -0.4 is 9.47 Å². The molecule has 0 saturated carbocycles. The third kappa shape index (κ3) is 5.74. The van der Waals surface area contributed by atoms with E-state index in [0.717, 1.165) is 0 Å². The number of benzene rings is 2. The van der Waals surface area contributed by atoms with Crippen LogP contribution in [-0.2, 0) is 26.2 Å². The van der Waals surface area contributed by atoms with Crippen molar-refractivity contribution in [3.63, 3.8) is 0 Å². The molecule has 10 heteroatoms. The summed E-state index contributed by atoms with van der Waals surface area (Å²) in [6.07, 6.45) is 0.620. The third-order valence-corrected chi connectivity index (χ3v) is 7.02. The first kappa shape index (κ1) is 23.9. The van der Waals surface area contributed by atoms with Gasteiger partial charge >= 0.3 is 12.6 Å². The summed E-state index contributed by atoms with van der Waals surface area (Å²) in [5.41, 5.74) is 0.258. The normalized spacial score (nSPS) is 15.5. The lowest BCUT2D eigenvalue weighted by atomic mass is 9.98. The zero-order chi connectivity index (χ0) is 23.1. The molecule has 0 aromatic heterocycles. The van der Waals surface area contributed by atoms with Crippen LogP contribution in [0.15, 0.2) is 53.4 Å². The smallest absolute Gasteiger partial charge is 0.387 e. The highest BCUT2D eigenvalue weighted by Crippen LogP contribution is 2.34. The Labute approximate surface area is 185 Å². The molecule has 0 radical (unpaired) electrons. The van der Waals surface area contributed by atoms with Crippen molar-refractivity contribution < 1.29 is 36.2 Å². The van der Waals surface area contributed by atoms with E-state index < -0.39 is 28.5 Å². The van der Waals surface area contributed by atoms with Gasteiger partial charge in [-0.25, -0.2) is 8.42 Å². The van der Waals surface area contributed by atoms with Crippen molar-refractivity contribution in [2.75, 3.05) is 19.7 Å². The van der Waals surface area contributed by atoms with Crippen LogP contribution in [0.5, 0.6) is 11.5 Å². The number of hydrogen-bond donors (Lipinski definition) is 0. The molecular weight excluding hydrogens is 444 g/mol. The van der Waals surface area contributed by atoms with E-state index in [1.54, 1.807) is 31.2 Å². The molecule has 2 aromatic carbocycles. The Morgan fingerprint density at radius 2 is 1.78 bits per heavy atom. The van der Waals surface area contributed by atoms with Gasteiger partial charge in [-0.1, -0.05) is 30.3 Å². The van der Waals surface area contributed by atoms with Gasteiger partial charge in [0.15, 0.2) is 11.5 Å². The van der Waals surface area contributed by atoms with Crippen LogP contribution in [0.1, 0.15) is 25.3 Å². The molecule has 1 aliphatic heterocycles. The quantitative estimate of drug-likeness (QED) is 0.519. The maximum absolute atomic E-state index is 12.8. The molecule has 2 aromatic rings. The third-order valence-electron chi connectivity index (χ3n) is 5.11. The zero-order valence-electron chi connectivity index (χ0n) is 17.6. The number of para-hydroxylation sites is 1. The fourth-order valence-corrected chi connectivity index (χ4v) is 5.00. The Bertz CT molecular complexity index is 1010. The number of nitrogens with zero attached hydrogens (tertiary/aromatic N) is 1. The molecule has 0 bridgehead atoms. The van der Waals surface area contributed by atoms with Gasteiger partial charge in [-0.05, 0) is 38.0 Å². The summed E-state index contributed by atoms with van der Waals surface area (Å²) in [7, 11) is -3.61. The maximum Gasteiger partial charge on any atom is 0.387 e. The predicted octanol–water partition coefficient (Wildman–Crippen LogP) is 3.83. The van der Waals surface area contributed by atoms with Gasteiger partial charge in [0.05, 0.1) is 17.4 Å². The van der Waals surface area contributed by atoms with Crippen molar-refractivity contribution in [1.82, 2.24) is 4.31 Å². The van der Waals surface area contributed by atoms with E-state index in [4.69, 9.17) is 9.47 Å². The lowest BCUT2D eigenvalue weighted by molar-refractivity contribution is -0.151. The van der Waals surface area contributed by atoms with E-state index in [1.807, 2.05) is 0 Å². The molecule has 3 rings (SSSR count). The Kier molecular flexibility index (Phi) is 8.03. The van der Waals surface area contributed by atoms with Crippen molar-refractivity contribution in [1.29, 1.82) is 0 Å². The van der Waals surface area contributed by atoms with Crippen LogP contribution in [0.25, 0.3) is 0 Å². The largest absolute Gasteiger partial charge is 0.490 e. The van der Waals surface area contributed by atoms with E-state index in [2.05, 4.69) is 4.74 Å². The van der Waals surface area contributed by atoms with Crippen LogP contribution in [0.2, 0.25) is 0 Å². The highest BCUT2D eigenvalue weighted by Gasteiger charge is 2.33. The zero-order valence-corrected chi connectivity index (χ0v) is 18.4. The first-order valence-corrected chi connectivity index (χ1v) is 11.7. The van der Waals surface area contributed by atoms with Crippen LogP contribution in [0.3, 0.4) is 0 Å². The van der Waals surface area contributed by atoms with Crippen LogP contribution >= 0.6 is 0 Å². The molecule has 32 heavy (non-hydrogen) atoms. The molecule has 0 spiro atoms. The summed E-state index contributed by atoms with van der Waals surface area (Å²) in [6.45, 7) is -0.963. The van der Waals surface area contributed by atoms with Crippen molar-refractivity contribution in [2.24, 2.45) is 5.92 Å². The Hall–Kier alpha value is -2.72. The molecule has 1 saturated heterocycles. The van der Waals surface area contributed by atoms with Gasteiger partial charge in [0, 0.05) is 18.7 Å². The van der Waals surface area contributed by atoms with Crippen LogP contribution in [0, 0.1) is 5.92 Å². The van der Waals surface area contributed by atoms with Gasteiger partial charge in [-0.2, -0.15) is 13.1 Å². The van der Waals surface area contributed by atoms with Gasteiger partial charge < -0.3 is 14.2 Å². The Morgan fingerprint density at radius 1 is 1.09 bits per heavy atom. The second-order valence-corrected chi connectivity index (χ2v) is 9.09. The van der Waals surface area contributed by atoms with Crippen LogP contribution in [0.4, 0.5) is 8.78 Å². The minimum Gasteiger partial charge on any atom is -0.490 e. The molecule has 1 aliphatic rings. The molecule has 7 nitrogen and oxygen atoms in total. The SMILES string of the molecule is CCOc1cccc(COC(=O)C2CCN(S(=O)(=O)c3ccccc3)CC2)c1OC(F)F. The van der Waals surface area contributed by atoms with E-state index in [0.29, 0.717) is 12.8 Å². The van der Waals surface area contributed by atoms with Crippen molar-refractivity contribution in [3.05, 3.63) is 54.1 Å². The number of piperidine rings is 1. The molecule has 174 valence electrons. The minimum atomic E-state index is -3.61. The first-order valence-electron chi connectivity index (χ1n) is 10.2. The number of ether oxygens (including phenoxy) is 3. The summed E-state index contributed by atoms with van der Waals surface area (Å²) >= 11 is 0. The molecular formula is C22H25F2NO6S. The monoisotopic (exact) mass is 469 g/mol. The highest BCUT2D eigenvalue weighted by molar-refractivity contribution is 7.89. The van der Waals surface area contributed by atoms with E-state index >= 15 is 0 Å². The van der Waals surface area contributed by atoms with Gasteiger partial charge in [-0.15, -0.1) is 0 Å². The number of carbonyl (C=O) groups is 1. The summed E-state index contributed by atoms with van der Waals surface area (Å²) in [5, 5.41) is 0. The fraction of sp³-hybridized carbons (Fsp3) is 0.409. The summed E-state index contributed by atoms with van der Waals surface area (Å²) < 4.78 is 67.7. The lowest BCUT2D eigenvalue weighted by Crippen LogP contribution is -2.40. The second kappa shape index (κ2) is 10.7. The minimum absolute atomic E-state index is 0.140. The molecule has 0 amide bonds. The average Bonchev–Trinajstić information content (AvgIpc) is 2.79. The van der Waals surface area contributed by atoms with E-state index in [1.165, 1.54) is 28.6 Å². The summed E-state index contributed by atoms with van der Waals surface area (Å²) in [5.74, 6) is -1.01. The van der Waals surface area contributed by atoms with Crippen molar-refractivity contribution in [3.8, 4) is 11.5 Å². The standard InChI is InChI=1S/C22H25F2NO6S/c1-2-29-19-10-6-7-17(20(19)31-22(23)24)15-30-21(26)16-11-13-25(14-12-16)32(27,28)18-8-4-3-5-9-18/h3-10,16,22H,2,11-15H2,1H3. The number of esters is 1. The molecule has 0 unspecified atom stereocenters. The topological polar surface area (TPSA) is 82.1 Å². The maximum atomic E-state index is 12.8. The average molecular weight is 470 g/mol. The van der Waals surface area contributed by atoms with E-state index in [9.17, 15) is 22.0 Å². The van der Waals surface area contributed by atoms with E-state index in [-0.39, 0.29) is 48.3 Å². The van der Waals surface area contributed by atoms with Gasteiger partial charge in [0.2, 0.25) is 10.0 Å². The second-order valence-electron chi connectivity index (χ2n) is 7.16. The molecule has 0 N–H and O–H groups in total. The van der Waals surface area contributed by atoms with Crippen LogP contribution in [-0.4, -0.2) is 45.0 Å². The number of sulfonamides is 1. The first-order chi connectivity index (χ1) is 15.3. The number of alkyl halides is 2. The molecule has 1 fully saturated rings. The van der Waals surface area contributed by atoms with Crippen molar-refractivity contribution >= 4 is 16.0 Å². The number of hydrogen-bond acceptors (Lipinski definition) is 6. The fourth-order valence-electron chi connectivity index (χ4n) is 3.51. The summed E-state index contributed by atoms with van der Waals surface area (Å²) in [4.78, 5) is 12.7. The highest BCUT2D eigenvalue weighted by atomic mass is 32.2. The van der Waals surface area contributed by atoms with Gasteiger partial charge in [0.25, 0.3) is 0 Å². The lowest BCUT2D eigenvalue weighted by Gasteiger charge is -2.30. The van der Waals surface area contributed by atoms with Crippen molar-refractivity contribution in [2.45, 2.75) is 37.9 Å². The molecule has 0 aliphatic carbocycles. The summed E-state index contributed by atoms with van der Waals surface area (Å²) in [6, 6.07) is 12.7. The predicted molar refractivity (Wildman–Crippen MR) is 112 cm³/mol. The number of halogens is 2. The van der Waals surface area contributed by atoms with Gasteiger partial charge in [0.1, 0.15) is 6.61 Å².